The molecule has 2 aromatic carbocycles. The van der Waals surface area contributed by atoms with Crippen molar-refractivity contribution >= 4 is 48.8 Å². The molecule has 4 rings (SSSR count). The van der Waals surface area contributed by atoms with E-state index in [1.807, 2.05) is 45.0 Å². The number of H-pyrrole nitrogens is 1. The van der Waals surface area contributed by atoms with E-state index in [1.165, 1.54) is 17.6 Å². The molecule has 7 nitrogen and oxygen atoms in total. The molecule has 0 saturated heterocycles. The van der Waals surface area contributed by atoms with Crippen LogP contribution in [-0.2, 0) is 0 Å². The van der Waals surface area contributed by atoms with Gasteiger partial charge in [0.2, 0.25) is 11.0 Å². The van der Waals surface area contributed by atoms with Gasteiger partial charge in [-0.1, -0.05) is 33.3 Å². The van der Waals surface area contributed by atoms with Crippen molar-refractivity contribution in [1.29, 1.82) is 0 Å². The largest absolute Gasteiger partial charge is 0.493 e. The van der Waals surface area contributed by atoms with Gasteiger partial charge >= 0.3 is 5.69 Å². The van der Waals surface area contributed by atoms with Crippen molar-refractivity contribution in [2.45, 2.75) is 20.8 Å². The lowest BCUT2D eigenvalue weighted by atomic mass is 10.1. The van der Waals surface area contributed by atoms with Gasteiger partial charge in [0.15, 0.2) is 0 Å². The van der Waals surface area contributed by atoms with Crippen LogP contribution in [0.4, 0.5) is 5.13 Å². The molecule has 0 unspecified atom stereocenters. The number of halogens is 1. The number of aromatic amines is 1. The molecular weight excluding hydrogens is 468 g/mol. The summed E-state index contributed by atoms with van der Waals surface area (Å²) in [5.41, 5.74) is 2.46. The van der Waals surface area contributed by atoms with Crippen LogP contribution < -0.4 is 11.2 Å². The van der Waals surface area contributed by atoms with E-state index in [4.69, 9.17) is 0 Å². The Balaban J connectivity index is 1.84. The second-order valence-corrected chi connectivity index (χ2v) is 8.81. The SMILES string of the molecule is Cc1ccc2nc(N=Cc3c(O)n(-c4cc(C)c(Br)cc4C)c(=O)[nH]c3=O)sc2c1. The molecule has 0 aliphatic heterocycles. The molecule has 2 N–H and O–H groups in total. The summed E-state index contributed by atoms with van der Waals surface area (Å²) in [6.45, 7) is 5.68. The van der Waals surface area contributed by atoms with E-state index in [0.29, 0.717) is 10.8 Å². The molecule has 0 radical (unpaired) electrons. The average molecular weight is 485 g/mol. The molecule has 2 heterocycles. The third kappa shape index (κ3) is 3.61. The average Bonchev–Trinajstić information content (AvgIpc) is 3.07. The normalized spacial score (nSPS) is 11.6. The second kappa shape index (κ2) is 7.66. The fourth-order valence-electron chi connectivity index (χ4n) is 3.08. The lowest BCUT2D eigenvalue weighted by molar-refractivity contribution is 0.430. The molecule has 0 saturated carbocycles. The monoisotopic (exact) mass is 484 g/mol. The second-order valence-electron chi connectivity index (χ2n) is 6.95. The minimum absolute atomic E-state index is 0.120. The Morgan fingerprint density at radius 1 is 1.17 bits per heavy atom. The minimum Gasteiger partial charge on any atom is -0.493 e. The number of nitrogens with zero attached hydrogens (tertiary/aromatic N) is 3. The lowest BCUT2D eigenvalue weighted by Crippen LogP contribution is -2.31. The highest BCUT2D eigenvalue weighted by molar-refractivity contribution is 9.10. The van der Waals surface area contributed by atoms with E-state index in [9.17, 15) is 14.7 Å². The van der Waals surface area contributed by atoms with Crippen LogP contribution in [0.1, 0.15) is 22.3 Å². The van der Waals surface area contributed by atoms with E-state index in [2.05, 4.69) is 30.9 Å². The summed E-state index contributed by atoms with van der Waals surface area (Å²) >= 11 is 4.83. The number of aromatic hydroxyl groups is 1. The molecule has 0 aliphatic carbocycles. The van der Waals surface area contributed by atoms with Crippen molar-refractivity contribution in [3.05, 3.63) is 77.9 Å². The smallest absolute Gasteiger partial charge is 0.335 e. The van der Waals surface area contributed by atoms with Crippen LogP contribution in [0.3, 0.4) is 0 Å². The first-order valence-corrected chi connectivity index (χ1v) is 10.6. The summed E-state index contributed by atoms with van der Waals surface area (Å²) in [6, 6.07) is 9.48. The molecule has 0 aliphatic rings. The summed E-state index contributed by atoms with van der Waals surface area (Å²) in [5.74, 6) is -0.478. The highest BCUT2D eigenvalue weighted by atomic mass is 79.9. The van der Waals surface area contributed by atoms with Gasteiger partial charge in [0, 0.05) is 10.7 Å². The first kappa shape index (κ1) is 20.2. The van der Waals surface area contributed by atoms with E-state index >= 15 is 0 Å². The van der Waals surface area contributed by atoms with Crippen LogP contribution in [0.5, 0.6) is 5.88 Å². The fourth-order valence-corrected chi connectivity index (χ4v) is 4.45. The lowest BCUT2D eigenvalue weighted by Gasteiger charge is -2.13. The third-order valence-corrected chi connectivity index (χ3v) is 6.46. The van der Waals surface area contributed by atoms with Crippen LogP contribution in [0, 0.1) is 20.8 Å². The predicted octanol–water partition coefficient (Wildman–Crippen LogP) is 4.28. The van der Waals surface area contributed by atoms with Gasteiger partial charge < -0.3 is 5.11 Å². The molecule has 9 heteroatoms. The third-order valence-electron chi connectivity index (χ3n) is 4.68. The van der Waals surface area contributed by atoms with E-state index in [-0.39, 0.29) is 5.56 Å². The number of aliphatic imine (C=N–C) groups is 1. The molecule has 0 spiro atoms. The van der Waals surface area contributed by atoms with Crippen LogP contribution >= 0.6 is 27.3 Å². The number of hydrogen-bond donors (Lipinski definition) is 2. The van der Waals surface area contributed by atoms with Gasteiger partial charge in [0.25, 0.3) is 5.56 Å². The number of thiazole rings is 1. The fraction of sp³-hybridized carbons (Fsp3) is 0.143. The van der Waals surface area contributed by atoms with E-state index < -0.39 is 17.1 Å². The van der Waals surface area contributed by atoms with Crippen LogP contribution in [-0.4, -0.2) is 25.9 Å². The van der Waals surface area contributed by atoms with Crippen molar-refractivity contribution in [2.75, 3.05) is 0 Å². The zero-order chi connectivity index (χ0) is 21.6. The minimum atomic E-state index is -0.727. The van der Waals surface area contributed by atoms with Crippen LogP contribution in [0.2, 0.25) is 0 Å². The summed E-state index contributed by atoms with van der Waals surface area (Å²) in [7, 11) is 0. The number of nitrogens with one attached hydrogen (secondary N) is 1. The van der Waals surface area contributed by atoms with Crippen LogP contribution in [0.15, 0.2) is 49.4 Å². The Morgan fingerprint density at radius 2 is 1.93 bits per heavy atom. The Kier molecular flexibility index (Phi) is 5.17. The van der Waals surface area contributed by atoms with Gasteiger partial charge in [0.05, 0.1) is 15.9 Å². The molecule has 30 heavy (non-hydrogen) atoms. The van der Waals surface area contributed by atoms with E-state index in [0.717, 1.165) is 35.9 Å². The van der Waals surface area contributed by atoms with Gasteiger partial charge in [-0.15, -0.1) is 0 Å². The summed E-state index contributed by atoms with van der Waals surface area (Å²) in [5, 5.41) is 11.2. The standard InChI is InChI=1S/C21H17BrN4O3S/c1-10-4-5-15-17(6-10)30-20(24-15)23-9-13-18(27)25-21(29)26(19(13)28)16-8-11(2)14(22)7-12(16)3/h4-9,28H,1-3H3,(H,25,27,29). The number of aryl methyl sites for hydroxylation is 3. The summed E-state index contributed by atoms with van der Waals surface area (Å²) in [4.78, 5) is 35.7. The molecule has 0 atom stereocenters. The van der Waals surface area contributed by atoms with Crippen LogP contribution in [0.25, 0.3) is 15.9 Å². The van der Waals surface area contributed by atoms with Crippen molar-refractivity contribution < 1.29 is 5.11 Å². The maximum Gasteiger partial charge on any atom is 0.335 e. The maximum atomic E-state index is 12.5. The zero-order valence-corrected chi connectivity index (χ0v) is 18.8. The van der Waals surface area contributed by atoms with Gasteiger partial charge in [-0.3, -0.25) is 9.78 Å². The van der Waals surface area contributed by atoms with Gasteiger partial charge in [-0.25, -0.2) is 19.3 Å². The first-order valence-electron chi connectivity index (χ1n) is 9.01. The quantitative estimate of drug-likeness (QED) is 0.423. The van der Waals surface area contributed by atoms with E-state index in [1.54, 1.807) is 6.07 Å². The Labute approximate surface area is 183 Å². The Morgan fingerprint density at radius 3 is 2.70 bits per heavy atom. The molecule has 0 amide bonds. The highest BCUT2D eigenvalue weighted by Crippen LogP contribution is 2.29. The summed E-state index contributed by atoms with van der Waals surface area (Å²) < 4.78 is 2.93. The first-order chi connectivity index (χ1) is 14.2. The Bertz CT molecular complexity index is 1450. The Hall–Kier alpha value is -3.04. The van der Waals surface area contributed by atoms with Gasteiger partial charge in [0.1, 0.15) is 5.56 Å². The zero-order valence-electron chi connectivity index (χ0n) is 16.4. The van der Waals surface area contributed by atoms with Crippen molar-refractivity contribution in [1.82, 2.24) is 14.5 Å². The van der Waals surface area contributed by atoms with Crippen molar-refractivity contribution in [3.8, 4) is 11.6 Å². The van der Waals surface area contributed by atoms with Crippen molar-refractivity contribution in [2.24, 2.45) is 4.99 Å². The number of hydrogen-bond acceptors (Lipinski definition) is 6. The van der Waals surface area contributed by atoms with Gasteiger partial charge in [-0.05, 0) is 61.7 Å². The predicted molar refractivity (Wildman–Crippen MR) is 123 cm³/mol. The summed E-state index contributed by atoms with van der Waals surface area (Å²) in [6.07, 6.45) is 1.23. The number of fused-ring (bicyclic) bond motifs is 1. The van der Waals surface area contributed by atoms with Crippen molar-refractivity contribution in [3.63, 3.8) is 0 Å². The maximum absolute atomic E-state index is 12.5. The van der Waals surface area contributed by atoms with Gasteiger partial charge in [-0.2, -0.15) is 0 Å². The molecule has 0 bridgehead atoms. The molecule has 0 fully saturated rings. The molecule has 2 aromatic heterocycles. The number of rotatable bonds is 3. The molecule has 152 valence electrons. The number of aromatic nitrogens is 3. The molecular formula is C21H17BrN4O3S. The topological polar surface area (TPSA) is 100 Å². The highest BCUT2D eigenvalue weighted by Gasteiger charge is 2.17. The molecule has 4 aromatic rings. The number of benzene rings is 2.